The smallest absolute Gasteiger partial charge is 0.431 e. The van der Waals surface area contributed by atoms with Crippen LogP contribution in [0, 0.1) is 0 Å². The first-order valence-electron chi connectivity index (χ1n) is 7.56. The number of ether oxygens (including phenoxy) is 5. The van der Waals surface area contributed by atoms with Crippen molar-refractivity contribution >= 4 is 18.1 Å². The third kappa shape index (κ3) is 4.25. The fraction of sp³-hybridized carbons (Fsp3) is 0.538. The molecule has 4 atom stereocenters. The molecule has 15 heteroatoms. The van der Waals surface area contributed by atoms with E-state index in [9.17, 15) is 27.6 Å². The van der Waals surface area contributed by atoms with Gasteiger partial charge in [-0.1, -0.05) is 0 Å². The fourth-order valence-corrected chi connectivity index (χ4v) is 2.59. The van der Waals surface area contributed by atoms with Gasteiger partial charge in [0.05, 0.1) is 0 Å². The summed E-state index contributed by atoms with van der Waals surface area (Å²) in [6, 6.07) is 1.22. The second-order valence-corrected chi connectivity index (χ2v) is 5.56. The maximum absolute atomic E-state index is 12.0. The van der Waals surface area contributed by atoms with Crippen LogP contribution in [0.4, 0.5) is 28.6 Å². The molecule has 1 aromatic heterocycles. The van der Waals surface area contributed by atoms with Gasteiger partial charge >= 0.3 is 24.2 Å². The highest BCUT2D eigenvalue weighted by Crippen LogP contribution is 2.37. The molecule has 0 amide bonds. The number of aromatic nitrogens is 2. The van der Waals surface area contributed by atoms with Crippen LogP contribution in [-0.4, -0.2) is 64.8 Å². The minimum atomic E-state index is -4.72. The Morgan fingerprint density at radius 3 is 2.64 bits per heavy atom. The third-order valence-corrected chi connectivity index (χ3v) is 3.69. The molecule has 154 valence electrons. The zero-order valence-corrected chi connectivity index (χ0v) is 13.6. The lowest BCUT2D eigenvalue weighted by atomic mass is 10.1. The molecule has 0 unspecified atom stereocenters. The summed E-state index contributed by atoms with van der Waals surface area (Å²) in [5.41, 5.74) is 0.798. The summed E-state index contributed by atoms with van der Waals surface area (Å²) in [5, 5.41) is 8.75. The van der Waals surface area contributed by atoms with Crippen molar-refractivity contribution in [3.63, 3.8) is 0 Å². The zero-order valence-electron chi connectivity index (χ0n) is 13.6. The first-order chi connectivity index (χ1) is 13.2. The van der Waals surface area contributed by atoms with Gasteiger partial charge in [0.15, 0.2) is 30.9 Å². The van der Waals surface area contributed by atoms with Crippen molar-refractivity contribution in [2.45, 2.75) is 30.7 Å². The number of anilines is 1. The highest BCUT2D eigenvalue weighted by molar-refractivity contribution is 5.63. The van der Waals surface area contributed by atoms with E-state index in [0.717, 1.165) is 4.57 Å². The fourth-order valence-electron chi connectivity index (χ4n) is 2.59. The van der Waals surface area contributed by atoms with E-state index in [2.05, 4.69) is 14.5 Å². The maximum Gasteiger partial charge on any atom is 0.509 e. The molecule has 12 nitrogen and oxygen atoms in total. The van der Waals surface area contributed by atoms with E-state index in [1.165, 1.54) is 12.3 Å². The maximum atomic E-state index is 12.0. The number of nitrogens with one attached hydrogen (secondary N) is 1. The summed E-state index contributed by atoms with van der Waals surface area (Å²) in [6.07, 6.45) is -10.8. The van der Waals surface area contributed by atoms with E-state index in [-0.39, 0.29) is 5.82 Å². The molecule has 0 aromatic carbocycles. The molecule has 0 spiro atoms. The van der Waals surface area contributed by atoms with Crippen LogP contribution in [0.2, 0.25) is 0 Å². The van der Waals surface area contributed by atoms with Gasteiger partial charge in [-0.15, -0.1) is 0 Å². The van der Waals surface area contributed by atoms with Crippen LogP contribution in [-0.2, 0) is 23.7 Å². The second kappa shape index (κ2) is 7.51. The van der Waals surface area contributed by atoms with Crippen LogP contribution in [0.5, 0.6) is 0 Å². The van der Waals surface area contributed by atoms with E-state index in [0.29, 0.717) is 0 Å². The number of halogens is 3. The Balaban J connectivity index is 1.68. The number of hydrogen-bond donors (Lipinski definition) is 2. The number of alkyl halides is 3. The van der Waals surface area contributed by atoms with E-state index in [4.69, 9.17) is 19.4 Å². The van der Waals surface area contributed by atoms with Crippen molar-refractivity contribution < 1.29 is 51.7 Å². The number of rotatable bonds is 5. The Morgan fingerprint density at radius 2 is 2.00 bits per heavy atom. The number of carbonyl (C=O) groups is 2. The lowest BCUT2D eigenvalue weighted by Crippen LogP contribution is -2.34. The highest BCUT2D eigenvalue weighted by Gasteiger charge is 2.55. The topological polar surface area (TPSA) is 147 Å². The van der Waals surface area contributed by atoms with Crippen molar-refractivity contribution in [2.24, 2.45) is 0 Å². The molecular formula is C13H12F3N3O9. The molecule has 0 saturated carbocycles. The Bertz CT molecular complexity index is 814. The van der Waals surface area contributed by atoms with Crippen LogP contribution in [0.3, 0.4) is 0 Å². The Kier molecular flexibility index (Phi) is 5.28. The predicted molar refractivity (Wildman–Crippen MR) is 76.3 cm³/mol. The molecule has 0 aliphatic carbocycles. The molecule has 2 N–H and O–H groups in total. The van der Waals surface area contributed by atoms with Crippen LogP contribution >= 0.6 is 0 Å². The van der Waals surface area contributed by atoms with Gasteiger partial charge in [-0.3, -0.25) is 15.3 Å². The number of hydrogen-bond acceptors (Lipinski definition) is 11. The average molecular weight is 411 g/mol. The summed E-state index contributed by atoms with van der Waals surface area (Å²) in [4.78, 5) is 38.2. The van der Waals surface area contributed by atoms with Crippen molar-refractivity contribution in [1.82, 2.24) is 9.55 Å². The van der Waals surface area contributed by atoms with Gasteiger partial charge in [0.2, 0.25) is 0 Å². The molecule has 1 aromatic rings. The Hall–Kier alpha value is -3.07. The van der Waals surface area contributed by atoms with Crippen molar-refractivity contribution in [3.8, 4) is 0 Å². The molecule has 0 radical (unpaired) electrons. The summed E-state index contributed by atoms with van der Waals surface area (Å²) in [5.74, 6) is -0.150. The second-order valence-electron chi connectivity index (χ2n) is 5.56. The summed E-state index contributed by atoms with van der Waals surface area (Å²) >= 11 is 0. The van der Waals surface area contributed by atoms with E-state index in [1.807, 2.05) is 0 Å². The molecule has 2 aliphatic rings. The van der Waals surface area contributed by atoms with Gasteiger partial charge in [0.25, 0.3) is 0 Å². The monoisotopic (exact) mass is 411 g/mol. The molecule has 3 heterocycles. The minimum Gasteiger partial charge on any atom is -0.431 e. The van der Waals surface area contributed by atoms with Crippen LogP contribution in [0.15, 0.2) is 17.1 Å². The van der Waals surface area contributed by atoms with Crippen molar-refractivity contribution in [3.05, 3.63) is 22.7 Å². The van der Waals surface area contributed by atoms with Crippen molar-refractivity contribution in [2.75, 3.05) is 18.7 Å². The third-order valence-electron chi connectivity index (χ3n) is 3.69. The first kappa shape index (κ1) is 19.7. The number of fused-ring (bicyclic) bond motifs is 1. The number of nitrogens with zero attached hydrogens (tertiary/aromatic N) is 2. The predicted octanol–water partition coefficient (Wildman–Crippen LogP) is 0.561. The van der Waals surface area contributed by atoms with Gasteiger partial charge < -0.3 is 23.7 Å². The van der Waals surface area contributed by atoms with Crippen molar-refractivity contribution in [1.29, 1.82) is 0 Å². The molecule has 28 heavy (non-hydrogen) atoms. The van der Waals surface area contributed by atoms with Gasteiger partial charge in [-0.2, -0.15) is 18.2 Å². The molecule has 3 rings (SSSR count). The SMILES string of the molecule is O=C(OC[C@H]1O[C@@H](n2ccc(NO)nc2=O)[C@@H]2OC(=O)O[C@@H]21)OCC(F)(F)F. The molecular weight excluding hydrogens is 399 g/mol. The quantitative estimate of drug-likeness (QED) is 0.517. The first-order valence-corrected chi connectivity index (χ1v) is 7.56. The minimum absolute atomic E-state index is 0.150. The standard InChI is InChI=1S/C13H12F3N3O9/c14-13(15,16)4-25-11(21)24-3-5-7-8(28-12(22)27-7)9(26-5)19-2-1-6(18-23)17-10(19)20/h1-2,5,7-9,23H,3-4H2,(H,17,18,20)/t5-,7-,8-,9-/m1/s1. The lowest BCUT2D eigenvalue weighted by Gasteiger charge is -2.18. The normalized spacial score (nSPS) is 26.2. The highest BCUT2D eigenvalue weighted by atomic mass is 19.4. The molecule has 0 bridgehead atoms. The summed E-state index contributed by atoms with van der Waals surface area (Å²) in [6.45, 7) is -2.47. The number of carbonyl (C=O) groups excluding carboxylic acids is 2. The van der Waals surface area contributed by atoms with Gasteiger partial charge in [-0.25, -0.2) is 14.4 Å². The average Bonchev–Trinajstić information content (AvgIpc) is 3.15. The van der Waals surface area contributed by atoms with Gasteiger partial charge in [0.1, 0.15) is 12.7 Å². The Morgan fingerprint density at radius 1 is 1.29 bits per heavy atom. The molecule has 2 saturated heterocycles. The molecule has 2 aliphatic heterocycles. The lowest BCUT2D eigenvalue weighted by molar-refractivity contribution is -0.167. The van der Waals surface area contributed by atoms with Gasteiger partial charge in [0, 0.05) is 6.20 Å². The van der Waals surface area contributed by atoms with Crippen LogP contribution in [0.1, 0.15) is 6.23 Å². The van der Waals surface area contributed by atoms with Crippen LogP contribution < -0.4 is 11.2 Å². The Labute approximate surface area is 152 Å². The summed E-state index contributed by atoms with van der Waals surface area (Å²) < 4.78 is 60.7. The van der Waals surface area contributed by atoms with E-state index < -0.39 is 61.9 Å². The zero-order chi connectivity index (χ0) is 20.5. The van der Waals surface area contributed by atoms with Crippen LogP contribution in [0.25, 0.3) is 0 Å². The van der Waals surface area contributed by atoms with E-state index in [1.54, 1.807) is 5.48 Å². The van der Waals surface area contributed by atoms with E-state index >= 15 is 0 Å². The van der Waals surface area contributed by atoms with Gasteiger partial charge in [-0.05, 0) is 6.07 Å². The largest absolute Gasteiger partial charge is 0.509 e. The molecule has 2 fully saturated rings. The summed E-state index contributed by atoms with van der Waals surface area (Å²) in [7, 11) is 0.